The van der Waals surface area contributed by atoms with Gasteiger partial charge in [0.25, 0.3) is 0 Å². The smallest absolute Gasteiger partial charge is 0.118 e. The summed E-state index contributed by atoms with van der Waals surface area (Å²) in [5.74, 6) is 0.887. The van der Waals surface area contributed by atoms with Crippen molar-refractivity contribution in [1.82, 2.24) is 9.80 Å². The van der Waals surface area contributed by atoms with Gasteiger partial charge in [-0.2, -0.15) is 0 Å². The third-order valence-electron chi connectivity index (χ3n) is 4.04. The molecular formula is C17H28N2O3. The van der Waals surface area contributed by atoms with E-state index in [-0.39, 0.29) is 6.10 Å². The fourth-order valence-corrected chi connectivity index (χ4v) is 2.70. The molecule has 0 bridgehead atoms. The van der Waals surface area contributed by atoms with Gasteiger partial charge in [-0.3, -0.25) is 4.90 Å². The van der Waals surface area contributed by atoms with Crippen LogP contribution < -0.4 is 4.74 Å². The second-order valence-corrected chi connectivity index (χ2v) is 5.93. The third-order valence-corrected chi connectivity index (χ3v) is 4.04. The number of rotatable bonds is 8. The molecule has 5 nitrogen and oxygen atoms in total. The zero-order chi connectivity index (χ0) is 15.8. The Morgan fingerprint density at radius 2 is 1.95 bits per heavy atom. The Morgan fingerprint density at radius 3 is 2.59 bits per heavy atom. The lowest BCUT2D eigenvalue weighted by Gasteiger charge is -2.30. The first-order valence-corrected chi connectivity index (χ1v) is 7.97. The van der Waals surface area contributed by atoms with E-state index in [0.29, 0.717) is 6.54 Å². The molecule has 1 aliphatic rings. The quantitative estimate of drug-likeness (QED) is 0.772. The van der Waals surface area contributed by atoms with Crippen molar-refractivity contribution in [1.29, 1.82) is 0 Å². The number of methoxy groups -OCH3 is 1. The fraction of sp³-hybridized carbons (Fsp3) is 0.647. The number of benzene rings is 1. The van der Waals surface area contributed by atoms with Crippen LogP contribution in [0.2, 0.25) is 0 Å². The lowest BCUT2D eigenvalue weighted by atomic mass is 10.1. The topological polar surface area (TPSA) is 45.2 Å². The largest absolute Gasteiger partial charge is 0.497 e. The summed E-state index contributed by atoms with van der Waals surface area (Å²) >= 11 is 0. The van der Waals surface area contributed by atoms with Crippen molar-refractivity contribution in [2.75, 3.05) is 60.1 Å². The highest BCUT2D eigenvalue weighted by Gasteiger charge is 2.16. The van der Waals surface area contributed by atoms with E-state index >= 15 is 0 Å². The van der Waals surface area contributed by atoms with Crippen molar-refractivity contribution < 1.29 is 14.6 Å². The standard InChI is InChI=1S/C17H28N2O3/c1-18(8-7-15-3-5-17(21-2)6-4-15)13-16(20)14-19-9-11-22-12-10-19/h3-6,16,20H,7-14H2,1-2H3. The van der Waals surface area contributed by atoms with Gasteiger partial charge in [-0.15, -0.1) is 0 Å². The maximum Gasteiger partial charge on any atom is 0.118 e. The van der Waals surface area contributed by atoms with Crippen LogP contribution in [-0.2, 0) is 11.2 Å². The predicted octanol–water partition coefficient (Wildman–Crippen LogP) is 0.863. The minimum Gasteiger partial charge on any atom is -0.497 e. The molecule has 0 aromatic heterocycles. The fourth-order valence-electron chi connectivity index (χ4n) is 2.70. The van der Waals surface area contributed by atoms with Gasteiger partial charge in [-0.1, -0.05) is 12.1 Å². The highest BCUT2D eigenvalue weighted by atomic mass is 16.5. The summed E-state index contributed by atoms with van der Waals surface area (Å²) in [4.78, 5) is 4.46. The predicted molar refractivity (Wildman–Crippen MR) is 87.5 cm³/mol. The SMILES string of the molecule is COc1ccc(CCN(C)CC(O)CN2CCOCC2)cc1. The van der Waals surface area contributed by atoms with E-state index in [1.54, 1.807) is 7.11 Å². The molecule has 1 unspecified atom stereocenters. The van der Waals surface area contributed by atoms with E-state index in [1.165, 1.54) is 5.56 Å². The van der Waals surface area contributed by atoms with Crippen LogP contribution in [0.1, 0.15) is 5.56 Å². The van der Waals surface area contributed by atoms with Crippen LogP contribution in [-0.4, -0.2) is 81.1 Å². The number of nitrogens with zero attached hydrogens (tertiary/aromatic N) is 2. The highest BCUT2D eigenvalue weighted by molar-refractivity contribution is 5.27. The molecule has 1 N–H and O–H groups in total. The Kier molecular flexibility index (Phi) is 7.12. The molecule has 124 valence electrons. The first-order valence-electron chi connectivity index (χ1n) is 7.97. The maximum atomic E-state index is 10.2. The summed E-state index contributed by atoms with van der Waals surface area (Å²) < 4.78 is 10.5. The molecule has 22 heavy (non-hydrogen) atoms. The van der Waals surface area contributed by atoms with E-state index in [1.807, 2.05) is 12.1 Å². The number of ether oxygens (including phenoxy) is 2. The Balaban J connectivity index is 1.66. The highest BCUT2D eigenvalue weighted by Crippen LogP contribution is 2.12. The van der Waals surface area contributed by atoms with Crippen molar-refractivity contribution >= 4 is 0 Å². The van der Waals surface area contributed by atoms with Gasteiger partial charge in [0.15, 0.2) is 0 Å². The summed E-state index contributed by atoms with van der Waals surface area (Å²) in [7, 11) is 3.74. The van der Waals surface area contributed by atoms with E-state index in [4.69, 9.17) is 9.47 Å². The summed E-state index contributed by atoms with van der Waals surface area (Å²) in [6.45, 7) is 5.77. The number of hydrogen-bond donors (Lipinski definition) is 1. The normalized spacial score (nSPS) is 17.6. The van der Waals surface area contributed by atoms with Crippen molar-refractivity contribution in [3.05, 3.63) is 29.8 Å². The van der Waals surface area contributed by atoms with Crippen LogP contribution in [0.4, 0.5) is 0 Å². The first-order chi connectivity index (χ1) is 10.7. The second kappa shape index (κ2) is 9.10. The van der Waals surface area contributed by atoms with Gasteiger partial charge in [0, 0.05) is 32.7 Å². The Labute approximate surface area is 133 Å². The number of likely N-dealkylation sites (N-methyl/N-ethyl adjacent to an activating group) is 1. The molecule has 0 radical (unpaired) electrons. The zero-order valence-electron chi connectivity index (χ0n) is 13.7. The van der Waals surface area contributed by atoms with Crippen LogP contribution in [0, 0.1) is 0 Å². The lowest BCUT2D eigenvalue weighted by molar-refractivity contribution is 0.00878. The molecule has 1 aromatic carbocycles. The van der Waals surface area contributed by atoms with Gasteiger partial charge in [0.2, 0.25) is 0 Å². The van der Waals surface area contributed by atoms with Crippen molar-refractivity contribution in [3.63, 3.8) is 0 Å². The molecule has 2 rings (SSSR count). The van der Waals surface area contributed by atoms with Crippen LogP contribution >= 0.6 is 0 Å². The molecule has 1 aromatic rings. The molecule has 1 fully saturated rings. The monoisotopic (exact) mass is 308 g/mol. The van der Waals surface area contributed by atoms with Gasteiger partial charge in [-0.25, -0.2) is 0 Å². The maximum absolute atomic E-state index is 10.2. The van der Waals surface area contributed by atoms with Gasteiger partial charge < -0.3 is 19.5 Å². The minimum absolute atomic E-state index is 0.307. The molecule has 1 aliphatic heterocycles. The number of morpholine rings is 1. The molecule has 5 heteroatoms. The minimum atomic E-state index is -0.307. The van der Waals surface area contributed by atoms with E-state index in [0.717, 1.165) is 51.6 Å². The molecule has 0 amide bonds. The summed E-state index contributed by atoms with van der Waals surface area (Å²) in [6, 6.07) is 8.17. The molecule has 0 aliphatic carbocycles. The summed E-state index contributed by atoms with van der Waals surface area (Å²) in [5, 5.41) is 10.2. The van der Waals surface area contributed by atoms with E-state index < -0.39 is 0 Å². The number of aliphatic hydroxyl groups excluding tert-OH is 1. The van der Waals surface area contributed by atoms with Gasteiger partial charge in [0.1, 0.15) is 5.75 Å². The lowest BCUT2D eigenvalue weighted by Crippen LogP contribution is -2.44. The second-order valence-electron chi connectivity index (χ2n) is 5.93. The van der Waals surface area contributed by atoms with Crippen LogP contribution in [0.15, 0.2) is 24.3 Å². The average Bonchev–Trinajstić information content (AvgIpc) is 2.54. The Hall–Kier alpha value is -1.14. The molecule has 0 spiro atoms. The molecule has 1 atom stereocenters. The Bertz CT molecular complexity index is 418. The van der Waals surface area contributed by atoms with Gasteiger partial charge >= 0.3 is 0 Å². The van der Waals surface area contributed by atoms with Gasteiger partial charge in [0.05, 0.1) is 26.4 Å². The zero-order valence-corrected chi connectivity index (χ0v) is 13.7. The van der Waals surface area contributed by atoms with Crippen molar-refractivity contribution in [2.45, 2.75) is 12.5 Å². The van der Waals surface area contributed by atoms with Crippen LogP contribution in [0.25, 0.3) is 0 Å². The van der Waals surface area contributed by atoms with Crippen molar-refractivity contribution in [2.24, 2.45) is 0 Å². The third kappa shape index (κ3) is 5.93. The molecule has 1 saturated heterocycles. The summed E-state index contributed by atoms with van der Waals surface area (Å²) in [5.41, 5.74) is 1.29. The first kappa shape index (κ1) is 17.2. The van der Waals surface area contributed by atoms with Gasteiger partial charge in [-0.05, 0) is 31.2 Å². The molecule has 1 heterocycles. The molecular weight excluding hydrogens is 280 g/mol. The number of aliphatic hydroxyl groups is 1. The van der Waals surface area contributed by atoms with E-state index in [2.05, 4.69) is 29.0 Å². The number of hydrogen-bond acceptors (Lipinski definition) is 5. The average molecular weight is 308 g/mol. The van der Waals surface area contributed by atoms with Crippen LogP contribution in [0.3, 0.4) is 0 Å². The molecule has 0 saturated carbocycles. The summed E-state index contributed by atoms with van der Waals surface area (Å²) in [6.07, 6.45) is 0.670. The van der Waals surface area contributed by atoms with E-state index in [9.17, 15) is 5.11 Å². The Morgan fingerprint density at radius 1 is 1.27 bits per heavy atom. The van der Waals surface area contributed by atoms with Crippen LogP contribution in [0.5, 0.6) is 5.75 Å². The number of β-amino-alcohol motifs (C(OH)–C–C–N with tert-alkyl or cyclic N) is 1. The van der Waals surface area contributed by atoms with Crippen molar-refractivity contribution in [3.8, 4) is 5.75 Å².